The van der Waals surface area contributed by atoms with Crippen LogP contribution in [0.25, 0.3) is 16.6 Å². The number of ether oxygens (including phenoxy) is 1. The Morgan fingerprint density at radius 3 is 2.42 bits per heavy atom. The van der Waals surface area contributed by atoms with Gasteiger partial charge in [-0.1, -0.05) is 67.1 Å². The number of aliphatic hydroxyl groups excluding tert-OH is 1. The van der Waals surface area contributed by atoms with E-state index in [2.05, 4.69) is 5.10 Å². The van der Waals surface area contributed by atoms with Crippen LogP contribution in [0.4, 0.5) is 5.69 Å². The van der Waals surface area contributed by atoms with E-state index in [1.807, 2.05) is 92.8 Å². The number of benzene rings is 4. The van der Waals surface area contributed by atoms with E-state index >= 15 is 0 Å². The summed E-state index contributed by atoms with van der Waals surface area (Å²) in [5.74, 6) is -0.931. The average Bonchev–Trinajstić information content (AvgIpc) is 3.71. The van der Waals surface area contributed by atoms with Crippen molar-refractivity contribution in [3.05, 3.63) is 129 Å². The van der Waals surface area contributed by atoms with Crippen molar-refractivity contribution < 1.29 is 24.2 Å². The summed E-state index contributed by atoms with van der Waals surface area (Å²) in [6, 6.07) is 27.7. The molecule has 1 fully saturated rings. The first-order valence-corrected chi connectivity index (χ1v) is 21.1. The van der Waals surface area contributed by atoms with Crippen molar-refractivity contribution in [1.82, 2.24) is 14.7 Å². The minimum absolute atomic E-state index is 0.0375. The molecule has 0 aliphatic carbocycles. The SMILES string of the molecule is C[C@H]1[C@H]([Si](C)(C)O)[C@@H](CC(=O)N2Cc3ccccc3C[C@H]2CO)O[C@]12C(=O)N(Cc1ccc(-n3[nH]c4ccccc4c3=O)cc1)c1ccc(Cl)cc12. The number of aromatic amines is 1. The Morgan fingerprint density at radius 1 is 1.00 bits per heavy atom. The van der Waals surface area contributed by atoms with Crippen LogP contribution in [0.2, 0.25) is 23.7 Å². The summed E-state index contributed by atoms with van der Waals surface area (Å²) < 4.78 is 8.42. The summed E-state index contributed by atoms with van der Waals surface area (Å²) in [5, 5.41) is 14.5. The number of nitrogens with zero attached hydrogens (tertiary/aromatic N) is 3. The Hall–Kier alpha value is -4.52. The number of hydrogen-bond donors (Lipinski definition) is 3. The summed E-state index contributed by atoms with van der Waals surface area (Å²) in [6.45, 7) is 6.03. The minimum Gasteiger partial charge on any atom is -0.432 e. The van der Waals surface area contributed by atoms with Crippen LogP contribution < -0.4 is 10.5 Å². The third-order valence-electron chi connectivity index (χ3n) is 11.3. The minimum atomic E-state index is -3.04. The maximum atomic E-state index is 14.9. The van der Waals surface area contributed by atoms with Crippen molar-refractivity contribution >= 4 is 48.3 Å². The first kappa shape index (κ1) is 34.6. The van der Waals surface area contributed by atoms with E-state index in [0.717, 1.165) is 22.2 Å². The lowest BCUT2D eigenvalue weighted by Crippen LogP contribution is -2.48. The molecule has 0 radical (unpaired) electrons. The summed E-state index contributed by atoms with van der Waals surface area (Å²) in [7, 11) is -3.04. The number of nitrogens with one attached hydrogen (secondary N) is 1. The highest BCUT2D eigenvalue weighted by Crippen LogP contribution is 2.60. The number of rotatable bonds is 7. The van der Waals surface area contributed by atoms with E-state index < -0.39 is 31.5 Å². The highest BCUT2D eigenvalue weighted by molar-refractivity contribution is 6.71. The fourth-order valence-corrected chi connectivity index (χ4v) is 11.6. The third kappa shape index (κ3) is 5.54. The van der Waals surface area contributed by atoms with Gasteiger partial charge in [-0.3, -0.25) is 19.5 Å². The normalized spacial score (nSPS) is 24.2. The van der Waals surface area contributed by atoms with Gasteiger partial charge in [0.2, 0.25) is 5.91 Å². The van der Waals surface area contributed by atoms with Gasteiger partial charge < -0.3 is 24.4 Å². The van der Waals surface area contributed by atoms with Crippen molar-refractivity contribution in [3.63, 3.8) is 0 Å². The Kier molecular flexibility index (Phi) is 8.54. The largest absolute Gasteiger partial charge is 0.432 e. The Morgan fingerprint density at radius 2 is 1.71 bits per heavy atom. The molecule has 0 saturated carbocycles. The fraction of sp³-hybridized carbons (Fsp3) is 0.325. The average molecular weight is 737 g/mol. The summed E-state index contributed by atoms with van der Waals surface area (Å²) >= 11 is 6.59. The van der Waals surface area contributed by atoms with Crippen molar-refractivity contribution in [1.29, 1.82) is 0 Å². The Bertz CT molecular complexity index is 2260. The molecule has 1 aromatic heterocycles. The van der Waals surface area contributed by atoms with Gasteiger partial charge in [0.1, 0.15) is 0 Å². The molecule has 12 heteroatoms. The number of para-hydroxylation sites is 1. The van der Waals surface area contributed by atoms with Crippen LogP contribution in [0.15, 0.2) is 95.8 Å². The number of halogens is 1. The molecule has 5 atom stereocenters. The molecular weight excluding hydrogens is 696 g/mol. The molecule has 5 aromatic rings. The maximum absolute atomic E-state index is 14.9. The van der Waals surface area contributed by atoms with Crippen LogP contribution in [-0.4, -0.2) is 63.5 Å². The molecule has 3 aliphatic rings. The van der Waals surface area contributed by atoms with E-state index in [1.54, 1.807) is 28.0 Å². The van der Waals surface area contributed by atoms with Crippen LogP contribution in [0.5, 0.6) is 0 Å². The zero-order chi connectivity index (χ0) is 36.5. The number of H-pyrrole nitrogens is 1. The standard InChI is InChI=1S/C40H41ClN4O6Si/c1-24-37(52(2,3)50)35(20-36(47)43-22-27-9-5-4-8-26(27)18-30(43)23-46)51-40(24)32-19-28(41)14-17-34(32)44(39(40)49)21-25-12-15-29(16-13-25)45-38(48)31-10-6-7-11-33(31)42-45/h4-17,19,24,30,35,37,42,46,50H,18,20-23H2,1-3H3/t24-,30-,35+,37-,40+/m0/s1. The van der Waals surface area contributed by atoms with E-state index in [0.29, 0.717) is 40.3 Å². The van der Waals surface area contributed by atoms with Crippen LogP contribution in [0.3, 0.4) is 0 Å². The molecule has 52 heavy (non-hydrogen) atoms. The zero-order valence-corrected chi connectivity index (χ0v) is 31.0. The third-order valence-corrected chi connectivity index (χ3v) is 14.1. The maximum Gasteiger partial charge on any atom is 0.279 e. The number of carbonyl (C=O) groups excluding carboxylic acids is 2. The highest BCUT2D eigenvalue weighted by atomic mass is 35.5. The van der Waals surface area contributed by atoms with Gasteiger partial charge in [0.05, 0.1) is 54.0 Å². The number of fused-ring (bicyclic) bond motifs is 4. The lowest BCUT2D eigenvalue weighted by Gasteiger charge is -2.37. The molecule has 0 bridgehead atoms. The molecule has 1 saturated heterocycles. The lowest BCUT2D eigenvalue weighted by atomic mass is 9.82. The predicted octanol–water partition coefficient (Wildman–Crippen LogP) is 5.65. The smallest absolute Gasteiger partial charge is 0.279 e. The van der Waals surface area contributed by atoms with Gasteiger partial charge in [0, 0.05) is 28.6 Å². The molecule has 10 nitrogen and oxygen atoms in total. The van der Waals surface area contributed by atoms with E-state index in [-0.39, 0.29) is 43.0 Å². The molecule has 3 N–H and O–H groups in total. The van der Waals surface area contributed by atoms with Gasteiger partial charge in [-0.15, -0.1) is 0 Å². The Labute approximate surface area is 307 Å². The molecule has 8 rings (SSSR count). The predicted molar refractivity (Wildman–Crippen MR) is 202 cm³/mol. The molecular formula is C40H41ClN4O6Si. The highest BCUT2D eigenvalue weighted by Gasteiger charge is 2.66. The summed E-state index contributed by atoms with van der Waals surface area (Å²) in [4.78, 5) is 57.2. The monoisotopic (exact) mass is 736 g/mol. The second-order valence-electron chi connectivity index (χ2n) is 14.9. The van der Waals surface area contributed by atoms with E-state index in [9.17, 15) is 24.3 Å². The summed E-state index contributed by atoms with van der Waals surface area (Å²) in [6.07, 6.45) is -0.230. The second-order valence-corrected chi connectivity index (χ2v) is 19.3. The first-order chi connectivity index (χ1) is 24.9. The Balaban J connectivity index is 1.10. The van der Waals surface area contributed by atoms with Gasteiger partial charge >= 0.3 is 0 Å². The van der Waals surface area contributed by atoms with Crippen LogP contribution in [-0.2, 0) is 39.4 Å². The van der Waals surface area contributed by atoms with Crippen molar-refractivity contribution in [2.24, 2.45) is 5.92 Å². The molecule has 0 unspecified atom stereocenters. The number of aliphatic hydroxyl groups is 1. The van der Waals surface area contributed by atoms with E-state index in [1.165, 1.54) is 4.68 Å². The molecule has 268 valence electrons. The molecule has 1 spiro atoms. The van der Waals surface area contributed by atoms with Crippen molar-refractivity contribution in [3.8, 4) is 5.69 Å². The lowest BCUT2D eigenvalue weighted by molar-refractivity contribution is -0.151. The molecule has 2 amide bonds. The molecule has 4 heterocycles. The number of carbonyl (C=O) groups is 2. The van der Waals surface area contributed by atoms with Gasteiger partial charge in [-0.05, 0) is 78.7 Å². The molecule has 4 aromatic carbocycles. The molecule has 3 aliphatic heterocycles. The van der Waals surface area contributed by atoms with Gasteiger partial charge in [-0.25, -0.2) is 4.68 Å². The second kappa shape index (κ2) is 12.9. The number of aromatic nitrogens is 2. The fourth-order valence-electron chi connectivity index (χ4n) is 8.91. The van der Waals surface area contributed by atoms with Crippen LogP contribution in [0, 0.1) is 5.92 Å². The van der Waals surface area contributed by atoms with Gasteiger partial charge in [0.25, 0.3) is 11.5 Å². The zero-order valence-electron chi connectivity index (χ0n) is 29.3. The van der Waals surface area contributed by atoms with Crippen LogP contribution in [0.1, 0.15) is 35.6 Å². The van der Waals surface area contributed by atoms with Gasteiger partial charge in [0.15, 0.2) is 13.9 Å². The van der Waals surface area contributed by atoms with E-state index in [4.69, 9.17) is 16.3 Å². The number of hydrogen-bond acceptors (Lipinski definition) is 6. The number of amides is 2. The first-order valence-electron chi connectivity index (χ1n) is 17.7. The van der Waals surface area contributed by atoms with Crippen LogP contribution >= 0.6 is 11.6 Å². The van der Waals surface area contributed by atoms with Crippen molar-refractivity contribution in [2.75, 3.05) is 11.5 Å². The quantitative estimate of drug-likeness (QED) is 0.185. The topological polar surface area (TPSA) is 128 Å². The summed E-state index contributed by atoms with van der Waals surface area (Å²) in [5.41, 5.74) is 3.62. The number of anilines is 1. The van der Waals surface area contributed by atoms with Gasteiger partial charge in [-0.2, -0.15) is 0 Å². The van der Waals surface area contributed by atoms with Crippen molar-refractivity contribution in [2.45, 2.75) is 69.2 Å².